The van der Waals surface area contributed by atoms with Gasteiger partial charge in [0.1, 0.15) is 6.04 Å². The molecule has 0 aliphatic heterocycles. The van der Waals surface area contributed by atoms with E-state index in [1.165, 1.54) is 19.3 Å². The summed E-state index contributed by atoms with van der Waals surface area (Å²) in [6.45, 7) is 7.29. The number of hydrogen-bond donors (Lipinski definition) is 1. The van der Waals surface area contributed by atoms with Gasteiger partial charge in [-0.1, -0.05) is 19.3 Å². The SMILES string of the molecule is CCN(CC)C(=O)C(C)N=C(N)C1CCCCC1. The van der Waals surface area contributed by atoms with Crippen molar-refractivity contribution >= 4 is 11.7 Å². The van der Waals surface area contributed by atoms with Crippen molar-refractivity contribution in [3.8, 4) is 0 Å². The van der Waals surface area contributed by atoms with Gasteiger partial charge < -0.3 is 10.6 Å². The van der Waals surface area contributed by atoms with Crippen molar-refractivity contribution in [2.24, 2.45) is 16.6 Å². The maximum Gasteiger partial charge on any atom is 0.247 e. The van der Waals surface area contributed by atoms with Gasteiger partial charge in [-0.05, 0) is 33.6 Å². The number of nitrogens with two attached hydrogens (primary N) is 1. The van der Waals surface area contributed by atoms with E-state index in [9.17, 15) is 4.79 Å². The van der Waals surface area contributed by atoms with E-state index in [0.717, 1.165) is 25.9 Å². The largest absolute Gasteiger partial charge is 0.387 e. The van der Waals surface area contributed by atoms with Crippen molar-refractivity contribution < 1.29 is 4.79 Å². The van der Waals surface area contributed by atoms with Gasteiger partial charge in [0.25, 0.3) is 0 Å². The molecular weight excluding hydrogens is 226 g/mol. The van der Waals surface area contributed by atoms with Crippen LogP contribution in [-0.2, 0) is 4.79 Å². The number of hydrogen-bond acceptors (Lipinski definition) is 2. The van der Waals surface area contributed by atoms with Crippen LogP contribution in [0.3, 0.4) is 0 Å². The zero-order valence-electron chi connectivity index (χ0n) is 12.0. The van der Waals surface area contributed by atoms with Crippen LogP contribution in [0.1, 0.15) is 52.9 Å². The Hall–Kier alpha value is -1.06. The fourth-order valence-electron chi connectivity index (χ4n) is 2.58. The van der Waals surface area contributed by atoms with Crippen LogP contribution in [0.15, 0.2) is 4.99 Å². The second-order valence-corrected chi connectivity index (χ2v) is 5.08. The molecule has 104 valence electrons. The molecule has 4 nitrogen and oxygen atoms in total. The molecule has 18 heavy (non-hydrogen) atoms. The van der Waals surface area contributed by atoms with Gasteiger partial charge in [-0.15, -0.1) is 0 Å². The van der Waals surface area contributed by atoms with E-state index in [2.05, 4.69) is 4.99 Å². The van der Waals surface area contributed by atoms with Crippen LogP contribution in [0.2, 0.25) is 0 Å². The van der Waals surface area contributed by atoms with Gasteiger partial charge in [0.2, 0.25) is 5.91 Å². The van der Waals surface area contributed by atoms with Gasteiger partial charge in [-0.2, -0.15) is 0 Å². The van der Waals surface area contributed by atoms with Crippen LogP contribution in [0.25, 0.3) is 0 Å². The summed E-state index contributed by atoms with van der Waals surface area (Å²) in [6.07, 6.45) is 6.03. The van der Waals surface area contributed by atoms with Crippen molar-refractivity contribution in [3.63, 3.8) is 0 Å². The second kappa shape index (κ2) is 7.39. The molecule has 1 saturated carbocycles. The maximum absolute atomic E-state index is 12.1. The molecule has 0 aromatic rings. The smallest absolute Gasteiger partial charge is 0.247 e. The Morgan fingerprint density at radius 3 is 2.33 bits per heavy atom. The van der Waals surface area contributed by atoms with Crippen LogP contribution in [-0.4, -0.2) is 35.8 Å². The predicted molar refractivity (Wildman–Crippen MR) is 75.6 cm³/mol. The number of amidine groups is 1. The van der Waals surface area contributed by atoms with E-state index in [1.807, 2.05) is 25.7 Å². The monoisotopic (exact) mass is 253 g/mol. The molecule has 1 amide bonds. The summed E-state index contributed by atoms with van der Waals surface area (Å²) in [5.74, 6) is 1.16. The molecule has 1 aliphatic rings. The van der Waals surface area contributed by atoms with Crippen LogP contribution in [0.5, 0.6) is 0 Å². The van der Waals surface area contributed by atoms with Gasteiger partial charge in [-0.25, -0.2) is 0 Å². The third-order valence-corrected chi connectivity index (χ3v) is 3.80. The first-order chi connectivity index (χ1) is 8.60. The molecule has 0 heterocycles. The van der Waals surface area contributed by atoms with Gasteiger partial charge in [-0.3, -0.25) is 9.79 Å². The van der Waals surface area contributed by atoms with E-state index < -0.39 is 0 Å². The van der Waals surface area contributed by atoms with E-state index in [4.69, 9.17) is 5.73 Å². The van der Waals surface area contributed by atoms with E-state index in [1.54, 1.807) is 0 Å². The summed E-state index contributed by atoms with van der Waals surface area (Å²) in [5.41, 5.74) is 6.05. The average Bonchev–Trinajstić information content (AvgIpc) is 2.40. The highest BCUT2D eigenvalue weighted by atomic mass is 16.2. The summed E-state index contributed by atoms with van der Waals surface area (Å²) in [6, 6.07) is -0.341. The Kier molecular flexibility index (Phi) is 6.16. The number of rotatable bonds is 5. The zero-order valence-corrected chi connectivity index (χ0v) is 12.0. The van der Waals surface area contributed by atoms with Crippen LogP contribution < -0.4 is 5.73 Å². The molecule has 4 heteroatoms. The molecule has 0 aromatic heterocycles. The average molecular weight is 253 g/mol. The first kappa shape index (κ1) is 15.0. The minimum Gasteiger partial charge on any atom is -0.387 e. The highest BCUT2D eigenvalue weighted by molar-refractivity contribution is 5.88. The lowest BCUT2D eigenvalue weighted by Crippen LogP contribution is -2.38. The molecule has 1 aliphatic carbocycles. The molecule has 1 fully saturated rings. The molecule has 1 unspecified atom stereocenters. The van der Waals surface area contributed by atoms with Crippen LogP contribution >= 0.6 is 0 Å². The second-order valence-electron chi connectivity index (χ2n) is 5.08. The Morgan fingerprint density at radius 1 is 1.28 bits per heavy atom. The molecule has 2 N–H and O–H groups in total. The van der Waals surface area contributed by atoms with Crippen LogP contribution in [0, 0.1) is 5.92 Å². The van der Waals surface area contributed by atoms with Gasteiger partial charge in [0, 0.05) is 19.0 Å². The number of likely N-dealkylation sites (N-methyl/N-ethyl adjacent to an activating group) is 1. The minimum atomic E-state index is -0.341. The lowest BCUT2D eigenvalue weighted by molar-refractivity contribution is -0.131. The Bertz CT molecular complexity index is 291. The van der Waals surface area contributed by atoms with E-state index in [-0.39, 0.29) is 11.9 Å². The van der Waals surface area contributed by atoms with Crippen molar-refractivity contribution in [1.82, 2.24) is 4.90 Å². The van der Waals surface area contributed by atoms with Gasteiger partial charge in [0.05, 0.1) is 5.84 Å². The summed E-state index contributed by atoms with van der Waals surface area (Å²) < 4.78 is 0. The Labute approximate surface area is 111 Å². The first-order valence-electron chi connectivity index (χ1n) is 7.22. The number of carbonyl (C=O) groups excluding carboxylic acids is 1. The number of aliphatic imine (C=N–C) groups is 1. The normalized spacial score (nSPS) is 19.6. The highest BCUT2D eigenvalue weighted by Crippen LogP contribution is 2.23. The van der Waals surface area contributed by atoms with Crippen LogP contribution in [0.4, 0.5) is 0 Å². The number of nitrogens with zero attached hydrogens (tertiary/aromatic N) is 2. The first-order valence-corrected chi connectivity index (χ1v) is 7.22. The standard InChI is InChI=1S/C14H27N3O/c1-4-17(5-2)14(18)11(3)16-13(15)12-9-7-6-8-10-12/h11-12H,4-10H2,1-3H3,(H2,15,16). The number of amides is 1. The summed E-state index contributed by atoms with van der Waals surface area (Å²) in [5, 5.41) is 0. The summed E-state index contributed by atoms with van der Waals surface area (Å²) in [4.78, 5) is 18.3. The predicted octanol–water partition coefficient (Wildman–Crippen LogP) is 2.18. The fraction of sp³-hybridized carbons (Fsp3) is 0.857. The molecule has 1 rings (SSSR count). The van der Waals surface area contributed by atoms with Crippen molar-refractivity contribution in [3.05, 3.63) is 0 Å². The number of carbonyl (C=O) groups is 1. The summed E-state index contributed by atoms with van der Waals surface area (Å²) in [7, 11) is 0. The Morgan fingerprint density at radius 2 is 1.83 bits per heavy atom. The van der Waals surface area contributed by atoms with Crippen molar-refractivity contribution in [2.45, 2.75) is 58.9 Å². The fourth-order valence-corrected chi connectivity index (χ4v) is 2.58. The minimum absolute atomic E-state index is 0.0822. The zero-order chi connectivity index (χ0) is 13.5. The molecule has 1 atom stereocenters. The molecule has 0 aromatic carbocycles. The molecule has 0 spiro atoms. The molecule has 0 saturated heterocycles. The van der Waals surface area contributed by atoms with E-state index >= 15 is 0 Å². The quantitative estimate of drug-likeness (QED) is 0.603. The highest BCUT2D eigenvalue weighted by Gasteiger charge is 2.21. The molecule has 0 bridgehead atoms. The van der Waals surface area contributed by atoms with E-state index in [0.29, 0.717) is 11.8 Å². The third kappa shape index (κ3) is 4.00. The van der Waals surface area contributed by atoms with Gasteiger partial charge in [0.15, 0.2) is 0 Å². The molecule has 0 radical (unpaired) electrons. The van der Waals surface area contributed by atoms with Crippen molar-refractivity contribution in [1.29, 1.82) is 0 Å². The molecular formula is C14H27N3O. The third-order valence-electron chi connectivity index (χ3n) is 3.80. The van der Waals surface area contributed by atoms with Crippen molar-refractivity contribution in [2.75, 3.05) is 13.1 Å². The summed E-state index contributed by atoms with van der Waals surface area (Å²) >= 11 is 0. The van der Waals surface area contributed by atoms with Gasteiger partial charge >= 0.3 is 0 Å². The topological polar surface area (TPSA) is 58.7 Å². The Balaban J connectivity index is 2.60. The maximum atomic E-state index is 12.1. The lowest BCUT2D eigenvalue weighted by atomic mass is 9.88. The lowest BCUT2D eigenvalue weighted by Gasteiger charge is -2.24.